The van der Waals surface area contributed by atoms with E-state index in [4.69, 9.17) is 27.9 Å². The molecule has 2 rings (SSSR count). The molecule has 0 atom stereocenters. The van der Waals surface area contributed by atoms with Gasteiger partial charge in [-0.05, 0) is 31.2 Å². The van der Waals surface area contributed by atoms with Gasteiger partial charge in [-0.2, -0.15) is 0 Å². The second-order valence-electron chi connectivity index (χ2n) is 4.67. The summed E-state index contributed by atoms with van der Waals surface area (Å²) in [6.45, 7) is 2.14. The summed E-state index contributed by atoms with van der Waals surface area (Å²) in [6.07, 6.45) is 0.941. The van der Waals surface area contributed by atoms with Crippen LogP contribution >= 0.6 is 23.2 Å². The predicted octanol–water partition coefficient (Wildman–Crippen LogP) is 3.89. The van der Waals surface area contributed by atoms with Gasteiger partial charge in [0.25, 0.3) is 5.91 Å². The van der Waals surface area contributed by atoms with E-state index in [9.17, 15) is 9.59 Å². The zero-order valence-electron chi connectivity index (χ0n) is 12.8. The maximum atomic E-state index is 12.3. The minimum atomic E-state index is -0.542. The van der Waals surface area contributed by atoms with E-state index in [-0.39, 0.29) is 24.1 Å². The van der Waals surface area contributed by atoms with Crippen LogP contribution in [-0.4, -0.2) is 23.6 Å². The van der Waals surface area contributed by atoms with Crippen LogP contribution in [0.25, 0.3) is 0 Å². The van der Waals surface area contributed by atoms with Crippen LogP contribution in [0, 0.1) is 0 Å². The van der Waals surface area contributed by atoms with Crippen molar-refractivity contribution in [2.24, 2.45) is 0 Å². The Morgan fingerprint density at radius 1 is 1.25 bits per heavy atom. The summed E-state index contributed by atoms with van der Waals surface area (Å²) in [5.41, 5.74) is 1.31. The van der Waals surface area contributed by atoms with E-state index >= 15 is 0 Å². The molecule has 2 aromatic rings. The zero-order valence-corrected chi connectivity index (χ0v) is 14.3. The molecular weight excluding hydrogens is 353 g/mol. The Morgan fingerprint density at radius 3 is 2.79 bits per heavy atom. The van der Waals surface area contributed by atoms with Gasteiger partial charge in [0.1, 0.15) is 0 Å². The molecule has 24 heavy (non-hydrogen) atoms. The number of hydrogen-bond acceptors (Lipinski definition) is 4. The van der Waals surface area contributed by atoms with Crippen LogP contribution in [0.4, 0.5) is 10.5 Å². The average Bonchev–Trinajstić information content (AvgIpc) is 2.57. The van der Waals surface area contributed by atoms with Crippen molar-refractivity contribution in [3.8, 4) is 0 Å². The molecule has 0 saturated heterocycles. The van der Waals surface area contributed by atoms with E-state index < -0.39 is 6.09 Å². The van der Waals surface area contributed by atoms with E-state index in [0.717, 1.165) is 0 Å². The van der Waals surface area contributed by atoms with Crippen molar-refractivity contribution in [3.05, 3.63) is 57.8 Å². The predicted molar refractivity (Wildman–Crippen MR) is 92.5 cm³/mol. The van der Waals surface area contributed by atoms with Crippen molar-refractivity contribution in [1.82, 2.24) is 10.3 Å². The lowest BCUT2D eigenvalue weighted by Crippen LogP contribution is -2.24. The SMILES string of the molecule is CCOC(=O)NCc1cc(C(=O)Nc2cccc(Cl)c2Cl)ccn1. The van der Waals surface area contributed by atoms with Gasteiger partial charge in [-0.15, -0.1) is 0 Å². The molecule has 0 aliphatic carbocycles. The van der Waals surface area contributed by atoms with Crippen LogP contribution < -0.4 is 10.6 Å². The van der Waals surface area contributed by atoms with Crippen molar-refractivity contribution < 1.29 is 14.3 Å². The van der Waals surface area contributed by atoms with E-state index in [2.05, 4.69) is 15.6 Å². The van der Waals surface area contributed by atoms with Gasteiger partial charge in [0.2, 0.25) is 0 Å². The van der Waals surface area contributed by atoms with Gasteiger partial charge < -0.3 is 15.4 Å². The van der Waals surface area contributed by atoms with Gasteiger partial charge in [-0.25, -0.2) is 4.79 Å². The summed E-state index contributed by atoms with van der Waals surface area (Å²) < 4.78 is 4.76. The minimum Gasteiger partial charge on any atom is -0.450 e. The standard InChI is InChI=1S/C16H15Cl2N3O3/c1-2-24-16(23)20-9-11-8-10(6-7-19-11)15(22)21-13-5-3-4-12(17)14(13)18/h3-8H,2,9H2,1H3,(H,20,23)(H,21,22). The van der Waals surface area contributed by atoms with Gasteiger partial charge in [-0.1, -0.05) is 29.3 Å². The molecule has 1 aromatic heterocycles. The summed E-state index contributed by atoms with van der Waals surface area (Å²) in [7, 11) is 0. The molecule has 0 spiro atoms. The summed E-state index contributed by atoms with van der Waals surface area (Å²) >= 11 is 12.0. The van der Waals surface area contributed by atoms with Crippen LogP contribution in [0.1, 0.15) is 23.0 Å². The van der Waals surface area contributed by atoms with Gasteiger partial charge in [-0.3, -0.25) is 9.78 Å². The molecule has 0 aliphatic heterocycles. The van der Waals surface area contributed by atoms with Crippen LogP contribution in [0.2, 0.25) is 10.0 Å². The molecule has 2 N–H and O–H groups in total. The Balaban J connectivity index is 2.06. The number of alkyl carbamates (subject to hydrolysis) is 1. The zero-order chi connectivity index (χ0) is 17.5. The molecule has 2 amide bonds. The monoisotopic (exact) mass is 367 g/mol. The first-order valence-electron chi connectivity index (χ1n) is 7.12. The number of carbonyl (C=O) groups is 2. The van der Waals surface area contributed by atoms with Crippen LogP contribution in [-0.2, 0) is 11.3 Å². The molecule has 0 radical (unpaired) electrons. The highest BCUT2D eigenvalue weighted by Gasteiger charge is 2.11. The second kappa shape index (κ2) is 8.52. The molecule has 0 unspecified atom stereocenters. The number of ether oxygens (including phenoxy) is 1. The van der Waals surface area contributed by atoms with Crippen LogP contribution in [0.3, 0.4) is 0 Å². The quantitative estimate of drug-likeness (QED) is 0.839. The number of rotatable bonds is 5. The first kappa shape index (κ1) is 18.0. The summed E-state index contributed by atoms with van der Waals surface area (Å²) in [5, 5.41) is 5.84. The van der Waals surface area contributed by atoms with Gasteiger partial charge >= 0.3 is 6.09 Å². The highest BCUT2D eigenvalue weighted by Crippen LogP contribution is 2.29. The van der Waals surface area contributed by atoms with Gasteiger partial charge in [0.05, 0.1) is 34.6 Å². The van der Waals surface area contributed by atoms with Crippen molar-refractivity contribution in [1.29, 1.82) is 0 Å². The highest BCUT2D eigenvalue weighted by atomic mass is 35.5. The fourth-order valence-corrected chi connectivity index (χ4v) is 2.20. The van der Waals surface area contributed by atoms with E-state index in [1.807, 2.05) is 0 Å². The minimum absolute atomic E-state index is 0.151. The Bertz CT molecular complexity index is 753. The number of pyridine rings is 1. The highest BCUT2D eigenvalue weighted by molar-refractivity contribution is 6.44. The summed E-state index contributed by atoms with van der Waals surface area (Å²) in [4.78, 5) is 27.7. The van der Waals surface area contributed by atoms with Crippen molar-refractivity contribution >= 4 is 40.9 Å². The number of amides is 2. The fraction of sp³-hybridized carbons (Fsp3) is 0.188. The summed E-state index contributed by atoms with van der Waals surface area (Å²) in [6, 6.07) is 8.09. The number of halogens is 2. The molecule has 8 heteroatoms. The third kappa shape index (κ3) is 4.84. The third-order valence-corrected chi connectivity index (χ3v) is 3.79. The number of anilines is 1. The second-order valence-corrected chi connectivity index (χ2v) is 5.45. The topological polar surface area (TPSA) is 80.3 Å². The summed E-state index contributed by atoms with van der Waals surface area (Å²) in [5.74, 6) is -0.362. The Morgan fingerprint density at radius 2 is 2.04 bits per heavy atom. The number of carbonyl (C=O) groups excluding carboxylic acids is 2. The van der Waals surface area contributed by atoms with Crippen molar-refractivity contribution in [3.63, 3.8) is 0 Å². The Kier molecular flexibility index (Phi) is 6.40. The van der Waals surface area contributed by atoms with Crippen LogP contribution in [0.5, 0.6) is 0 Å². The lowest BCUT2D eigenvalue weighted by Gasteiger charge is -2.09. The first-order valence-corrected chi connectivity index (χ1v) is 7.87. The normalized spacial score (nSPS) is 10.1. The Labute approximate surface area is 149 Å². The number of nitrogens with one attached hydrogen (secondary N) is 2. The number of nitrogens with zero attached hydrogens (tertiary/aromatic N) is 1. The lowest BCUT2D eigenvalue weighted by atomic mass is 10.2. The van der Waals surface area contributed by atoms with Gasteiger partial charge in [0.15, 0.2) is 0 Å². The van der Waals surface area contributed by atoms with E-state index in [1.54, 1.807) is 37.3 Å². The molecule has 0 fully saturated rings. The third-order valence-electron chi connectivity index (χ3n) is 2.97. The van der Waals surface area contributed by atoms with Crippen LogP contribution in [0.15, 0.2) is 36.5 Å². The fourth-order valence-electron chi connectivity index (χ4n) is 1.86. The maximum Gasteiger partial charge on any atom is 0.407 e. The molecule has 0 saturated carbocycles. The molecule has 126 valence electrons. The van der Waals surface area contributed by atoms with Crippen molar-refractivity contribution in [2.75, 3.05) is 11.9 Å². The number of benzene rings is 1. The van der Waals surface area contributed by atoms with E-state index in [0.29, 0.717) is 22.0 Å². The molecule has 1 heterocycles. The average molecular weight is 368 g/mol. The lowest BCUT2D eigenvalue weighted by molar-refractivity contribution is 0.102. The smallest absolute Gasteiger partial charge is 0.407 e. The van der Waals surface area contributed by atoms with E-state index in [1.165, 1.54) is 6.20 Å². The molecular formula is C16H15Cl2N3O3. The van der Waals surface area contributed by atoms with Gasteiger partial charge in [0, 0.05) is 11.8 Å². The largest absolute Gasteiger partial charge is 0.450 e. The first-order chi connectivity index (χ1) is 11.5. The molecule has 0 bridgehead atoms. The number of hydrogen-bond donors (Lipinski definition) is 2. The molecule has 1 aromatic carbocycles. The molecule has 6 nitrogen and oxygen atoms in total. The number of aromatic nitrogens is 1. The maximum absolute atomic E-state index is 12.3. The van der Waals surface area contributed by atoms with Crippen molar-refractivity contribution in [2.45, 2.75) is 13.5 Å². The Hall–Kier alpha value is -2.31. The molecule has 0 aliphatic rings.